The third-order valence-corrected chi connectivity index (χ3v) is 4.56. The van der Waals surface area contributed by atoms with Crippen LogP contribution in [0.3, 0.4) is 0 Å². The van der Waals surface area contributed by atoms with Crippen molar-refractivity contribution in [2.75, 3.05) is 4.90 Å². The summed E-state index contributed by atoms with van der Waals surface area (Å²) in [6.07, 6.45) is 2.63. The van der Waals surface area contributed by atoms with Crippen LogP contribution >= 0.6 is 11.6 Å². The molecule has 2 fully saturated rings. The van der Waals surface area contributed by atoms with Gasteiger partial charge in [-0.1, -0.05) is 24.4 Å². The van der Waals surface area contributed by atoms with Gasteiger partial charge in [0, 0.05) is 5.02 Å². The molecule has 1 aliphatic heterocycles. The van der Waals surface area contributed by atoms with Crippen molar-refractivity contribution < 1.29 is 14.4 Å². The summed E-state index contributed by atoms with van der Waals surface area (Å²) >= 11 is 5.91. The highest BCUT2D eigenvalue weighted by atomic mass is 35.5. The SMILES string of the molecule is Cc1cc(Cl)ccc1N1C(=O)NC(=O)C2(CCCC2)C1=O. The van der Waals surface area contributed by atoms with Crippen LogP contribution in [0.1, 0.15) is 31.2 Å². The molecule has 110 valence electrons. The molecule has 1 saturated heterocycles. The summed E-state index contributed by atoms with van der Waals surface area (Å²) in [6, 6.07) is 4.26. The first-order valence-corrected chi connectivity index (χ1v) is 7.30. The van der Waals surface area contributed by atoms with E-state index in [4.69, 9.17) is 11.6 Å². The first kappa shape index (κ1) is 14.1. The minimum Gasteiger partial charge on any atom is -0.276 e. The maximum atomic E-state index is 12.8. The van der Waals surface area contributed by atoms with E-state index in [-0.39, 0.29) is 0 Å². The van der Waals surface area contributed by atoms with Crippen molar-refractivity contribution in [3.63, 3.8) is 0 Å². The number of urea groups is 1. The van der Waals surface area contributed by atoms with Crippen LogP contribution < -0.4 is 10.2 Å². The van der Waals surface area contributed by atoms with Gasteiger partial charge < -0.3 is 0 Å². The van der Waals surface area contributed by atoms with Gasteiger partial charge in [0.2, 0.25) is 5.91 Å². The molecule has 1 heterocycles. The molecule has 0 radical (unpaired) electrons. The molecule has 1 aromatic carbocycles. The van der Waals surface area contributed by atoms with Crippen LogP contribution in [0, 0.1) is 12.3 Å². The number of halogens is 1. The molecule has 0 aromatic heterocycles. The van der Waals surface area contributed by atoms with E-state index in [2.05, 4.69) is 5.32 Å². The summed E-state index contributed by atoms with van der Waals surface area (Å²) in [7, 11) is 0. The van der Waals surface area contributed by atoms with Gasteiger partial charge >= 0.3 is 6.03 Å². The molecule has 0 bridgehead atoms. The summed E-state index contributed by atoms with van der Waals surface area (Å²) in [4.78, 5) is 38.2. The topological polar surface area (TPSA) is 66.5 Å². The summed E-state index contributed by atoms with van der Waals surface area (Å²) in [6.45, 7) is 1.78. The average molecular weight is 307 g/mol. The average Bonchev–Trinajstić information content (AvgIpc) is 2.90. The molecular formula is C15H15ClN2O3. The second-order valence-electron chi connectivity index (χ2n) is 5.62. The molecule has 0 unspecified atom stereocenters. The van der Waals surface area contributed by atoms with E-state index in [9.17, 15) is 14.4 Å². The minimum absolute atomic E-state index is 0.417. The number of aryl methyl sites for hydroxylation is 1. The van der Waals surface area contributed by atoms with Crippen LogP contribution in [-0.4, -0.2) is 17.8 Å². The molecule has 2 aliphatic rings. The van der Waals surface area contributed by atoms with Crippen molar-refractivity contribution in [2.45, 2.75) is 32.6 Å². The van der Waals surface area contributed by atoms with Gasteiger partial charge in [-0.3, -0.25) is 14.9 Å². The van der Waals surface area contributed by atoms with Gasteiger partial charge in [-0.25, -0.2) is 9.69 Å². The molecule has 1 saturated carbocycles. The van der Waals surface area contributed by atoms with E-state index in [1.54, 1.807) is 25.1 Å². The molecule has 0 atom stereocenters. The number of benzene rings is 1. The molecule has 4 amide bonds. The summed E-state index contributed by atoms with van der Waals surface area (Å²) < 4.78 is 0. The van der Waals surface area contributed by atoms with Crippen molar-refractivity contribution in [2.24, 2.45) is 5.41 Å². The molecular weight excluding hydrogens is 292 g/mol. The molecule has 3 rings (SSSR count). The fourth-order valence-corrected chi connectivity index (χ4v) is 3.41. The van der Waals surface area contributed by atoms with Crippen molar-refractivity contribution in [1.82, 2.24) is 5.32 Å². The first-order valence-electron chi connectivity index (χ1n) is 6.92. The minimum atomic E-state index is -1.08. The van der Waals surface area contributed by atoms with Gasteiger partial charge in [0.05, 0.1) is 5.69 Å². The quantitative estimate of drug-likeness (QED) is 0.811. The van der Waals surface area contributed by atoms with Crippen LogP contribution in [0.4, 0.5) is 10.5 Å². The lowest BCUT2D eigenvalue weighted by Gasteiger charge is -2.37. The third-order valence-electron chi connectivity index (χ3n) is 4.33. The fraction of sp³-hybridized carbons (Fsp3) is 0.400. The first-order chi connectivity index (χ1) is 9.95. The number of hydrogen-bond acceptors (Lipinski definition) is 3. The van der Waals surface area contributed by atoms with E-state index < -0.39 is 23.3 Å². The van der Waals surface area contributed by atoms with Crippen LogP contribution in [-0.2, 0) is 9.59 Å². The maximum Gasteiger partial charge on any atom is 0.335 e. The summed E-state index contributed by atoms with van der Waals surface area (Å²) in [5.41, 5.74) is 0.106. The van der Waals surface area contributed by atoms with E-state index in [1.807, 2.05) is 0 Å². The monoisotopic (exact) mass is 306 g/mol. The van der Waals surface area contributed by atoms with E-state index in [0.717, 1.165) is 17.7 Å². The van der Waals surface area contributed by atoms with E-state index in [1.165, 1.54) is 0 Å². The lowest BCUT2D eigenvalue weighted by Crippen LogP contribution is -2.63. The number of hydrogen-bond donors (Lipinski definition) is 1. The van der Waals surface area contributed by atoms with Crippen molar-refractivity contribution in [3.8, 4) is 0 Å². The van der Waals surface area contributed by atoms with Gasteiger partial charge in [-0.15, -0.1) is 0 Å². The number of nitrogens with zero attached hydrogens (tertiary/aromatic N) is 1. The maximum absolute atomic E-state index is 12.8. The lowest BCUT2D eigenvalue weighted by molar-refractivity contribution is -0.142. The second kappa shape index (κ2) is 4.84. The Balaban J connectivity index is 2.07. The number of barbiturate groups is 1. The standard InChI is InChI=1S/C15H15ClN2O3/c1-9-8-10(16)4-5-11(9)18-13(20)15(6-2-3-7-15)12(19)17-14(18)21/h4-5,8H,2-3,6-7H2,1H3,(H,17,19,21). The van der Waals surface area contributed by atoms with Crippen molar-refractivity contribution in [3.05, 3.63) is 28.8 Å². The second-order valence-corrected chi connectivity index (χ2v) is 6.06. The van der Waals surface area contributed by atoms with Crippen LogP contribution in [0.5, 0.6) is 0 Å². The molecule has 1 N–H and O–H groups in total. The molecule has 1 aliphatic carbocycles. The van der Waals surface area contributed by atoms with Gasteiger partial charge in [-0.05, 0) is 43.5 Å². The largest absolute Gasteiger partial charge is 0.335 e. The Labute approximate surface area is 127 Å². The van der Waals surface area contributed by atoms with Crippen LogP contribution in [0.25, 0.3) is 0 Å². The number of imide groups is 2. The number of carbonyl (C=O) groups excluding carboxylic acids is 3. The normalized spacial score (nSPS) is 21.0. The Morgan fingerprint density at radius 1 is 1.19 bits per heavy atom. The number of anilines is 1. The number of rotatable bonds is 1. The van der Waals surface area contributed by atoms with Crippen molar-refractivity contribution in [1.29, 1.82) is 0 Å². The van der Waals surface area contributed by atoms with Gasteiger partial charge in [0.1, 0.15) is 5.41 Å². The van der Waals surface area contributed by atoms with Crippen LogP contribution in [0.15, 0.2) is 18.2 Å². The van der Waals surface area contributed by atoms with Crippen molar-refractivity contribution >= 4 is 35.1 Å². The highest BCUT2D eigenvalue weighted by Gasteiger charge is 2.55. The lowest BCUT2D eigenvalue weighted by atomic mass is 9.82. The summed E-state index contributed by atoms with van der Waals surface area (Å²) in [5, 5.41) is 2.86. The van der Waals surface area contributed by atoms with E-state index in [0.29, 0.717) is 29.1 Å². The highest BCUT2D eigenvalue weighted by Crippen LogP contribution is 2.43. The Morgan fingerprint density at radius 3 is 2.48 bits per heavy atom. The predicted octanol–water partition coefficient (Wildman–Crippen LogP) is 2.79. The third kappa shape index (κ3) is 2.03. The van der Waals surface area contributed by atoms with Gasteiger partial charge in [0.25, 0.3) is 5.91 Å². The Hall–Kier alpha value is -1.88. The van der Waals surface area contributed by atoms with Gasteiger partial charge in [0.15, 0.2) is 0 Å². The zero-order chi connectivity index (χ0) is 15.2. The number of carbonyl (C=O) groups is 3. The Bertz CT molecular complexity index is 650. The molecule has 5 nitrogen and oxygen atoms in total. The smallest absolute Gasteiger partial charge is 0.276 e. The number of amides is 4. The van der Waals surface area contributed by atoms with Gasteiger partial charge in [-0.2, -0.15) is 0 Å². The van der Waals surface area contributed by atoms with Crippen LogP contribution in [0.2, 0.25) is 5.02 Å². The number of nitrogens with one attached hydrogen (secondary N) is 1. The zero-order valence-corrected chi connectivity index (χ0v) is 12.4. The predicted molar refractivity (Wildman–Crippen MR) is 78.1 cm³/mol. The molecule has 1 spiro atoms. The highest BCUT2D eigenvalue weighted by molar-refractivity contribution is 6.32. The fourth-order valence-electron chi connectivity index (χ4n) is 3.18. The molecule has 21 heavy (non-hydrogen) atoms. The summed E-state index contributed by atoms with van der Waals surface area (Å²) in [5.74, 6) is -0.878. The zero-order valence-electron chi connectivity index (χ0n) is 11.6. The molecule has 6 heteroatoms. The van der Waals surface area contributed by atoms with E-state index >= 15 is 0 Å². The molecule has 1 aromatic rings. The Morgan fingerprint density at radius 2 is 1.86 bits per heavy atom. The Kier molecular flexibility index (Phi) is 3.24.